The van der Waals surface area contributed by atoms with Gasteiger partial charge in [0.25, 0.3) is 0 Å². The van der Waals surface area contributed by atoms with Gasteiger partial charge in [-0.1, -0.05) is 31.4 Å². The van der Waals surface area contributed by atoms with E-state index in [1.807, 2.05) is 17.5 Å². The topological polar surface area (TPSA) is 47.3 Å². The first-order valence-corrected chi connectivity index (χ1v) is 9.89. The molecular formula is C20H24N2O2S. The molecule has 0 bridgehead atoms. The minimum atomic E-state index is -0.00525. The number of fused-ring (bicyclic) bond motifs is 1. The number of hydrogen-bond donors (Lipinski definition) is 1. The second-order valence-corrected chi connectivity index (χ2v) is 7.78. The Morgan fingerprint density at radius 1 is 1.28 bits per heavy atom. The minimum absolute atomic E-state index is 0.00525. The molecule has 0 amide bonds. The number of benzene rings is 1. The second kappa shape index (κ2) is 7.18. The van der Waals surface area contributed by atoms with E-state index < -0.39 is 0 Å². The van der Waals surface area contributed by atoms with Crippen molar-refractivity contribution < 1.29 is 9.84 Å². The van der Waals surface area contributed by atoms with Gasteiger partial charge in [-0.05, 0) is 24.8 Å². The monoisotopic (exact) mass is 356 g/mol. The third-order valence-electron chi connectivity index (χ3n) is 5.22. The van der Waals surface area contributed by atoms with E-state index in [1.54, 1.807) is 7.11 Å². The summed E-state index contributed by atoms with van der Waals surface area (Å²) >= 11 is 1.51. The van der Waals surface area contributed by atoms with Crippen molar-refractivity contribution in [2.24, 2.45) is 5.92 Å². The zero-order valence-corrected chi connectivity index (χ0v) is 15.4. The van der Waals surface area contributed by atoms with E-state index in [-0.39, 0.29) is 6.61 Å². The normalized spacial score (nSPS) is 15.8. The number of ether oxygens (including phenoxy) is 1. The quantitative estimate of drug-likeness (QED) is 0.711. The van der Waals surface area contributed by atoms with E-state index in [1.165, 1.54) is 48.8 Å². The predicted molar refractivity (Wildman–Crippen MR) is 102 cm³/mol. The highest BCUT2D eigenvalue weighted by molar-refractivity contribution is 7.09. The van der Waals surface area contributed by atoms with Gasteiger partial charge in [-0.2, -0.15) is 0 Å². The number of aliphatic hydroxyl groups is 1. The molecule has 2 aromatic heterocycles. The standard InChI is InChI=1S/C20H24N2O2S/c1-24-18-9-5-8-15-16(17-13-25-19(12-23)21-17)11-22(20(15)18)10-14-6-3-2-4-7-14/h5,8-9,11,13-14,23H,2-4,6-7,10,12H2,1H3. The van der Waals surface area contributed by atoms with E-state index >= 15 is 0 Å². The van der Waals surface area contributed by atoms with Gasteiger partial charge in [-0.3, -0.25) is 0 Å². The number of rotatable bonds is 5. The average Bonchev–Trinajstić information content (AvgIpc) is 3.27. The Kier molecular flexibility index (Phi) is 4.77. The van der Waals surface area contributed by atoms with Crippen LogP contribution in [0.1, 0.15) is 37.1 Å². The first-order valence-electron chi connectivity index (χ1n) is 9.01. The van der Waals surface area contributed by atoms with Crippen molar-refractivity contribution in [2.45, 2.75) is 45.3 Å². The lowest BCUT2D eigenvalue weighted by Gasteiger charge is -2.22. The fourth-order valence-corrected chi connectivity index (χ4v) is 4.65. The molecule has 132 valence electrons. The summed E-state index contributed by atoms with van der Waals surface area (Å²) in [7, 11) is 1.74. The molecule has 25 heavy (non-hydrogen) atoms. The molecule has 0 spiro atoms. The number of aromatic nitrogens is 2. The summed E-state index contributed by atoms with van der Waals surface area (Å²) in [6, 6.07) is 6.21. The Labute approximate surface area is 152 Å². The molecule has 0 atom stereocenters. The third kappa shape index (κ3) is 3.18. The Bertz CT molecular complexity index is 862. The SMILES string of the molecule is COc1cccc2c(-c3csc(CO)n3)cn(CC3CCCCC3)c12. The van der Waals surface area contributed by atoms with Gasteiger partial charge < -0.3 is 14.4 Å². The Morgan fingerprint density at radius 2 is 2.12 bits per heavy atom. The highest BCUT2D eigenvalue weighted by atomic mass is 32.1. The predicted octanol–water partition coefficient (Wildman–Crippen LogP) is 4.85. The van der Waals surface area contributed by atoms with Gasteiger partial charge in [0.2, 0.25) is 0 Å². The molecule has 1 saturated carbocycles. The maximum absolute atomic E-state index is 9.34. The van der Waals surface area contributed by atoms with Crippen molar-refractivity contribution in [1.82, 2.24) is 9.55 Å². The van der Waals surface area contributed by atoms with Crippen LogP contribution in [0.5, 0.6) is 5.75 Å². The number of thiazole rings is 1. The molecule has 1 aromatic carbocycles. The summed E-state index contributed by atoms with van der Waals surface area (Å²) in [6.07, 6.45) is 8.92. The lowest BCUT2D eigenvalue weighted by Crippen LogP contribution is -2.13. The van der Waals surface area contributed by atoms with E-state index in [2.05, 4.69) is 21.8 Å². The van der Waals surface area contributed by atoms with E-state index in [0.717, 1.165) is 40.0 Å². The van der Waals surface area contributed by atoms with Crippen LogP contribution in [0.25, 0.3) is 22.2 Å². The lowest BCUT2D eigenvalue weighted by molar-refractivity contribution is 0.281. The molecular weight excluding hydrogens is 332 g/mol. The molecule has 1 N–H and O–H groups in total. The Hall–Kier alpha value is -1.85. The van der Waals surface area contributed by atoms with E-state index in [0.29, 0.717) is 0 Å². The third-order valence-corrected chi connectivity index (χ3v) is 6.06. The second-order valence-electron chi connectivity index (χ2n) is 6.84. The molecule has 1 aliphatic rings. The van der Waals surface area contributed by atoms with Crippen LogP contribution in [-0.4, -0.2) is 21.8 Å². The fraction of sp³-hybridized carbons (Fsp3) is 0.450. The summed E-state index contributed by atoms with van der Waals surface area (Å²) in [4.78, 5) is 4.58. The highest BCUT2D eigenvalue weighted by Gasteiger charge is 2.20. The summed E-state index contributed by atoms with van der Waals surface area (Å²) < 4.78 is 8.01. The largest absolute Gasteiger partial charge is 0.495 e. The van der Waals surface area contributed by atoms with Gasteiger partial charge in [0.05, 0.1) is 24.9 Å². The van der Waals surface area contributed by atoms with Gasteiger partial charge >= 0.3 is 0 Å². The van der Waals surface area contributed by atoms with Crippen LogP contribution in [0.3, 0.4) is 0 Å². The Morgan fingerprint density at radius 3 is 2.84 bits per heavy atom. The van der Waals surface area contributed by atoms with Crippen molar-refractivity contribution in [3.8, 4) is 17.0 Å². The van der Waals surface area contributed by atoms with Gasteiger partial charge in [0.1, 0.15) is 10.8 Å². The van der Waals surface area contributed by atoms with Crippen molar-refractivity contribution in [2.75, 3.05) is 7.11 Å². The minimum Gasteiger partial charge on any atom is -0.495 e. The number of aliphatic hydroxyl groups excluding tert-OH is 1. The first kappa shape index (κ1) is 16.6. The molecule has 0 radical (unpaired) electrons. The van der Waals surface area contributed by atoms with Gasteiger partial charge in [0, 0.05) is 29.1 Å². The zero-order valence-electron chi connectivity index (χ0n) is 14.6. The molecule has 0 aliphatic heterocycles. The van der Waals surface area contributed by atoms with Crippen LogP contribution < -0.4 is 4.74 Å². The Balaban J connectivity index is 1.80. The van der Waals surface area contributed by atoms with Crippen molar-refractivity contribution in [3.05, 3.63) is 34.8 Å². The first-order chi connectivity index (χ1) is 12.3. The average molecular weight is 356 g/mol. The lowest BCUT2D eigenvalue weighted by atomic mass is 9.89. The van der Waals surface area contributed by atoms with Crippen LogP contribution in [0.15, 0.2) is 29.8 Å². The maximum atomic E-state index is 9.34. The van der Waals surface area contributed by atoms with Crippen LogP contribution >= 0.6 is 11.3 Å². The summed E-state index contributed by atoms with van der Waals surface area (Å²) in [6.45, 7) is 1.03. The van der Waals surface area contributed by atoms with Crippen molar-refractivity contribution >= 4 is 22.2 Å². The van der Waals surface area contributed by atoms with E-state index in [9.17, 15) is 5.11 Å². The fourth-order valence-electron chi connectivity index (χ4n) is 3.99. The summed E-state index contributed by atoms with van der Waals surface area (Å²) in [5.74, 6) is 1.66. The number of nitrogens with zero attached hydrogens (tertiary/aromatic N) is 2. The molecule has 5 heteroatoms. The molecule has 1 aliphatic carbocycles. The molecule has 2 heterocycles. The highest BCUT2D eigenvalue weighted by Crippen LogP contribution is 2.37. The summed E-state index contributed by atoms with van der Waals surface area (Å²) in [5, 5.41) is 13.3. The zero-order chi connectivity index (χ0) is 17.2. The maximum Gasteiger partial charge on any atom is 0.143 e. The molecule has 4 rings (SSSR count). The van der Waals surface area contributed by atoms with Crippen molar-refractivity contribution in [1.29, 1.82) is 0 Å². The smallest absolute Gasteiger partial charge is 0.143 e. The molecule has 0 unspecified atom stereocenters. The van der Waals surface area contributed by atoms with Crippen molar-refractivity contribution in [3.63, 3.8) is 0 Å². The van der Waals surface area contributed by atoms with Crippen LogP contribution in [0.4, 0.5) is 0 Å². The van der Waals surface area contributed by atoms with Crippen LogP contribution in [0.2, 0.25) is 0 Å². The van der Waals surface area contributed by atoms with E-state index in [4.69, 9.17) is 4.74 Å². The van der Waals surface area contributed by atoms with Crippen LogP contribution in [-0.2, 0) is 13.2 Å². The summed E-state index contributed by atoms with van der Waals surface area (Å²) in [5.41, 5.74) is 3.22. The molecule has 3 aromatic rings. The van der Waals surface area contributed by atoms with Crippen LogP contribution in [0, 0.1) is 5.92 Å². The number of para-hydroxylation sites is 1. The molecule has 1 fully saturated rings. The van der Waals surface area contributed by atoms with Gasteiger partial charge in [0.15, 0.2) is 0 Å². The molecule has 4 nitrogen and oxygen atoms in total. The van der Waals surface area contributed by atoms with Gasteiger partial charge in [-0.25, -0.2) is 4.98 Å². The van der Waals surface area contributed by atoms with Gasteiger partial charge in [-0.15, -0.1) is 11.3 Å². The molecule has 0 saturated heterocycles. The number of hydrogen-bond acceptors (Lipinski definition) is 4. The number of methoxy groups -OCH3 is 1.